The van der Waals surface area contributed by atoms with E-state index in [0.29, 0.717) is 0 Å². The molecule has 0 aliphatic heterocycles. The van der Waals surface area contributed by atoms with E-state index in [-0.39, 0.29) is 15.5 Å². The Balaban J connectivity index is 2.41. The summed E-state index contributed by atoms with van der Waals surface area (Å²) >= 11 is 0. The summed E-state index contributed by atoms with van der Waals surface area (Å²) in [6, 6.07) is 9.20. The molecule has 0 aliphatic rings. The first-order valence-electron chi connectivity index (χ1n) is 5.81. The summed E-state index contributed by atoms with van der Waals surface area (Å²) < 4.78 is 64.9. The van der Waals surface area contributed by atoms with Crippen LogP contribution < -0.4 is 4.74 Å². The molecule has 2 aromatic carbocycles. The molecule has 2 rings (SSSR count). The lowest BCUT2D eigenvalue weighted by Gasteiger charge is -2.10. The van der Waals surface area contributed by atoms with Gasteiger partial charge in [0.2, 0.25) is 9.84 Å². The summed E-state index contributed by atoms with van der Waals surface area (Å²) in [6.45, 7) is 6.80. The number of benzene rings is 2. The molecular formula is C14H8F3NO3S. The van der Waals surface area contributed by atoms with Crippen LogP contribution in [-0.2, 0) is 9.84 Å². The van der Waals surface area contributed by atoms with Crippen LogP contribution in [-0.4, -0.2) is 14.8 Å². The van der Waals surface area contributed by atoms with E-state index >= 15 is 0 Å². The van der Waals surface area contributed by atoms with Gasteiger partial charge >= 0.3 is 6.36 Å². The minimum Gasteiger partial charge on any atom is -0.406 e. The lowest BCUT2D eigenvalue weighted by Crippen LogP contribution is -2.17. The number of halogens is 3. The smallest absolute Gasteiger partial charge is 0.406 e. The molecule has 0 radical (unpaired) electrons. The Morgan fingerprint density at radius 2 is 1.64 bits per heavy atom. The van der Waals surface area contributed by atoms with Gasteiger partial charge < -0.3 is 4.74 Å². The van der Waals surface area contributed by atoms with Crippen molar-refractivity contribution in [2.75, 3.05) is 0 Å². The van der Waals surface area contributed by atoms with Gasteiger partial charge in [0.25, 0.3) is 0 Å². The van der Waals surface area contributed by atoms with Gasteiger partial charge in [-0.25, -0.2) is 13.3 Å². The molecule has 0 aromatic heterocycles. The van der Waals surface area contributed by atoms with Gasteiger partial charge in [0.15, 0.2) is 5.69 Å². The molecule has 0 N–H and O–H groups in total. The third-order valence-electron chi connectivity index (χ3n) is 2.63. The minimum atomic E-state index is -4.90. The molecule has 0 saturated carbocycles. The third-order valence-corrected chi connectivity index (χ3v) is 4.39. The number of nitrogens with zero attached hydrogens (tertiary/aromatic N) is 1. The zero-order valence-corrected chi connectivity index (χ0v) is 11.6. The standard InChI is InChI=1S/C14H8F3NO3S/c1-18-10-5-7-12(8-6-10)22(19,20)13-4-2-3-11(9-13)21-14(15,16)17/h2-9H. The Labute approximate surface area is 124 Å². The minimum absolute atomic E-state index is 0.121. The van der Waals surface area contributed by atoms with E-state index < -0.39 is 21.9 Å². The number of rotatable bonds is 3. The van der Waals surface area contributed by atoms with Crippen molar-refractivity contribution in [1.29, 1.82) is 0 Å². The average Bonchev–Trinajstić information content (AvgIpc) is 2.46. The zero-order chi connectivity index (χ0) is 16.4. The molecule has 0 fully saturated rings. The van der Waals surface area contributed by atoms with Crippen molar-refractivity contribution in [2.45, 2.75) is 16.2 Å². The van der Waals surface area contributed by atoms with Crippen LogP contribution in [0.4, 0.5) is 18.9 Å². The highest BCUT2D eigenvalue weighted by atomic mass is 32.2. The quantitative estimate of drug-likeness (QED) is 0.802. The number of sulfone groups is 1. The van der Waals surface area contributed by atoms with E-state index in [4.69, 9.17) is 6.57 Å². The van der Waals surface area contributed by atoms with E-state index in [1.807, 2.05) is 0 Å². The third kappa shape index (κ3) is 3.56. The Morgan fingerprint density at radius 1 is 1.00 bits per heavy atom. The van der Waals surface area contributed by atoms with Crippen molar-refractivity contribution in [3.05, 3.63) is 59.9 Å². The van der Waals surface area contributed by atoms with Crippen LogP contribution in [0, 0.1) is 6.57 Å². The predicted octanol–water partition coefficient (Wildman–Crippen LogP) is 3.97. The Hall–Kier alpha value is -2.53. The van der Waals surface area contributed by atoms with Crippen LogP contribution in [0.25, 0.3) is 4.85 Å². The summed E-state index contributed by atoms with van der Waals surface area (Å²) in [4.78, 5) is 2.68. The second-order valence-corrected chi connectivity index (χ2v) is 6.08. The van der Waals surface area contributed by atoms with Crippen molar-refractivity contribution in [3.63, 3.8) is 0 Å². The largest absolute Gasteiger partial charge is 0.573 e. The molecule has 2 aromatic rings. The Morgan fingerprint density at radius 3 is 2.18 bits per heavy atom. The van der Waals surface area contributed by atoms with E-state index in [9.17, 15) is 21.6 Å². The highest BCUT2D eigenvalue weighted by Gasteiger charge is 2.31. The second kappa shape index (κ2) is 5.69. The van der Waals surface area contributed by atoms with Crippen molar-refractivity contribution >= 4 is 15.5 Å². The molecule has 4 nitrogen and oxygen atoms in total. The molecule has 0 atom stereocenters. The van der Waals surface area contributed by atoms with Crippen LogP contribution in [0.3, 0.4) is 0 Å². The van der Waals surface area contributed by atoms with Gasteiger partial charge in [0.1, 0.15) is 5.75 Å². The van der Waals surface area contributed by atoms with E-state index in [1.165, 1.54) is 30.3 Å². The molecule has 114 valence electrons. The second-order valence-electron chi connectivity index (χ2n) is 4.13. The highest BCUT2D eigenvalue weighted by Crippen LogP contribution is 2.28. The van der Waals surface area contributed by atoms with Gasteiger partial charge in [-0.2, -0.15) is 0 Å². The van der Waals surface area contributed by atoms with Crippen LogP contribution in [0.1, 0.15) is 0 Å². The number of ether oxygens (including phenoxy) is 1. The number of hydrogen-bond donors (Lipinski definition) is 0. The maximum atomic E-state index is 12.3. The number of hydrogen-bond acceptors (Lipinski definition) is 3. The van der Waals surface area contributed by atoms with Gasteiger partial charge in [-0.15, -0.1) is 13.2 Å². The molecule has 8 heteroatoms. The molecule has 22 heavy (non-hydrogen) atoms. The summed E-state index contributed by atoms with van der Waals surface area (Å²) in [7, 11) is -3.99. The van der Waals surface area contributed by atoms with Crippen LogP contribution in [0.5, 0.6) is 5.75 Å². The SMILES string of the molecule is [C-]#[N+]c1ccc(S(=O)(=O)c2cccc(OC(F)(F)F)c2)cc1. The monoisotopic (exact) mass is 327 g/mol. The molecule has 0 heterocycles. The topological polar surface area (TPSA) is 47.7 Å². The van der Waals surface area contributed by atoms with Gasteiger partial charge in [0.05, 0.1) is 16.4 Å². The summed E-state index contributed by atoms with van der Waals surface area (Å²) in [5.74, 6) is -0.619. The fourth-order valence-electron chi connectivity index (χ4n) is 1.67. The van der Waals surface area contributed by atoms with E-state index in [2.05, 4.69) is 9.58 Å². The first-order valence-corrected chi connectivity index (χ1v) is 7.29. The first-order chi connectivity index (χ1) is 10.2. The summed E-state index contributed by atoms with van der Waals surface area (Å²) in [5.41, 5.74) is 0.258. The first kappa shape index (κ1) is 15.9. The van der Waals surface area contributed by atoms with Crippen molar-refractivity contribution in [3.8, 4) is 5.75 Å². The van der Waals surface area contributed by atoms with Gasteiger partial charge in [-0.1, -0.05) is 30.3 Å². The van der Waals surface area contributed by atoms with Crippen LogP contribution in [0.15, 0.2) is 58.3 Å². The molecular weight excluding hydrogens is 319 g/mol. The highest BCUT2D eigenvalue weighted by molar-refractivity contribution is 7.91. The molecule has 0 saturated heterocycles. The van der Waals surface area contributed by atoms with Crippen LogP contribution in [0.2, 0.25) is 0 Å². The van der Waals surface area contributed by atoms with E-state index in [1.54, 1.807) is 0 Å². The molecule has 0 unspecified atom stereocenters. The molecule has 0 aliphatic carbocycles. The fraction of sp³-hybridized carbons (Fsp3) is 0.0714. The van der Waals surface area contributed by atoms with Crippen LogP contribution >= 0.6 is 0 Å². The van der Waals surface area contributed by atoms with Crippen molar-refractivity contribution in [1.82, 2.24) is 0 Å². The predicted molar refractivity (Wildman–Crippen MR) is 71.3 cm³/mol. The lowest BCUT2D eigenvalue weighted by atomic mass is 10.3. The molecule has 0 spiro atoms. The van der Waals surface area contributed by atoms with Gasteiger partial charge in [-0.3, -0.25) is 0 Å². The average molecular weight is 327 g/mol. The van der Waals surface area contributed by atoms with Crippen molar-refractivity contribution < 1.29 is 26.3 Å². The number of alkyl halides is 3. The normalized spacial score (nSPS) is 11.7. The fourth-order valence-corrected chi connectivity index (χ4v) is 2.97. The summed E-state index contributed by atoms with van der Waals surface area (Å²) in [6.07, 6.45) is -4.90. The Kier molecular flexibility index (Phi) is 4.10. The Bertz CT molecular complexity index is 822. The zero-order valence-electron chi connectivity index (χ0n) is 10.8. The molecule has 0 bridgehead atoms. The van der Waals surface area contributed by atoms with Gasteiger partial charge in [-0.05, 0) is 18.2 Å². The lowest BCUT2D eigenvalue weighted by molar-refractivity contribution is -0.274. The molecule has 0 amide bonds. The van der Waals surface area contributed by atoms with E-state index in [0.717, 1.165) is 18.2 Å². The van der Waals surface area contributed by atoms with Gasteiger partial charge in [0, 0.05) is 0 Å². The maximum absolute atomic E-state index is 12.3. The summed E-state index contributed by atoms with van der Waals surface area (Å²) in [5, 5.41) is 0. The van der Waals surface area contributed by atoms with Crippen molar-refractivity contribution in [2.24, 2.45) is 0 Å². The maximum Gasteiger partial charge on any atom is 0.573 e.